The number of nitrogens with zero attached hydrogens (tertiary/aromatic N) is 2. The van der Waals surface area contributed by atoms with E-state index in [1.54, 1.807) is 0 Å². The maximum atomic E-state index is 6.48. The summed E-state index contributed by atoms with van der Waals surface area (Å²) in [6.45, 7) is 0. The Morgan fingerprint density at radius 3 is 1.52 bits per heavy atom. The number of furan rings is 1. The molecule has 0 radical (unpaired) electrons. The first-order valence-electron chi connectivity index (χ1n) is 19.9. The van der Waals surface area contributed by atoms with Gasteiger partial charge in [0.2, 0.25) is 0 Å². The van der Waals surface area contributed by atoms with Crippen LogP contribution >= 0.6 is 0 Å². The Labute approximate surface area is 337 Å². The van der Waals surface area contributed by atoms with Crippen LogP contribution in [0.25, 0.3) is 49.4 Å². The number of rotatable bonds is 8. The molecule has 0 aliphatic rings. The van der Waals surface area contributed by atoms with Crippen LogP contribution in [0.4, 0.5) is 17.1 Å². The lowest BCUT2D eigenvalue weighted by atomic mass is 9.65. The van der Waals surface area contributed by atoms with Crippen molar-refractivity contribution in [2.45, 2.75) is 5.41 Å². The van der Waals surface area contributed by atoms with Gasteiger partial charge in [-0.15, -0.1) is 0 Å². The van der Waals surface area contributed by atoms with Crippen LogP contribution in [0.5, 0.6) is 0 Å². The van der Waals surface area contributed by atoms with Gasteiger partial charge < -0.3 is 13.9 Å². The highest BCUT2D eigenvalue weighted by atomic mass is 16.3. The minimum Gasteiger partial charge on any atom is -0.456 e. The average Bonchev–Trinajstić information content (AvgIpc) is 3.85. The first-order valence-corrected chi connectivity index (χ1v) is 19.9. The molecule has 0 bridgehead atoms. The van der Waals surface area contributed by atoms with E-state index >= 15 is 0 Å². The molecule has 3 heteroatoms. The van der Waals surface area contributed by atoms with Gasteiger partial charge in [0.05, 0.1) is 27.5 Å². The largest absolute Gasteiger partial charge is 0.456 e. The summed E-state index contributed by atoms with van der Waals surface area (Å²) in [4.78, 5) is 2.40. The SMILES string of the molecule is c1ccc(-n2c3ccccc3c3cc(N(c4ccc(C(c5ccccc5)(c5ccccc5)c5ccccc5)cc4)c4cccc5oc6ccccc6c45)ccc32)cc1. The molecule has 11 aromatic rings. The molecule has 11 rings (SSSR count). The van der Waals surface area contributed by atoms with Crippen LogP contribution in [-0.4, -0.2) is 4.57 Å². The molecule has 9 aromatic carbocycles. The molecule has 0 aliphatic carbocycles. The number of fused-ring (bicyclic) bond motifs is 6. The Morgan fingerprint density at radius 2 is 0.862 bits per heavy atom. The topological polar surface area (TPSA) is 21.3 Å². The second kappa shape index (κ2) is 13.8. The Hall–Kier alpha value is -7.62. The number of aromatic nitrogens is 1. The zero-order valence-electron chi connectivity index (χ0n) is 31.7. The van der Waals surface area contributed by atoms with Crippen molar-refractivity contribution in [3.63, 3.8) is 0 Å². The fraction of sp³-hybridized carbons (Fsp3) is 0.0182. The number of para-hydroxylation sites is 3. The first-order chi connectivity index (χ1) is 28.8. The smallest absolute Gasteiger partial charge is 0.137 e. The summed E-state index contributed by atoms with van der Waals surface area (Å²) in [5.41, 5.74) is 12.7. The van der Waals surface area contributed by atoms with Gasteiger partial charge in [0.25, 0.3) is 0 Å². The first kappa shape index (κ1) is 33.7. The van der Waals surface area contributed by atoms with Crippen molar-refractivity contribution in [3.8, 4) is 5.69 Å². The highest BCUT2D eigenvalue weighted by Gasteiger charge is 2.38. The molecule has 0 saturated heterocycles. The van der Waals surface area contributed by atoms with Crippen LogP contribution in [0.1, 0.15) is 22.3 Å². The van der Waals surface area contributed by atoms with Crippen LogP contribution in [0.2, 0.25) is 0 Å². The molecule has 274 valence electrons. The summed E-state index contributed by atoms with van der Waals surface area (Å²) in [6.07, 6.45) is 0. The van der Waals surface area contributed by atoms with Crippen molar-refractivity contribution in [2.24, 2.45) is 0 Å². The molecule has 0 amide bonds. The second-order valence-electron chi connectivity index (χ2n) is 14.9. The molecule has 0 N–H and O–H groups in total. The summed E-state index contributed by atoms with van der Waals surface area (Å²) >= 11 is 0. The number of hydrogen-bond acceptors (Lipinski definition) is 2. The Balaban J connectivity index is 1.16. The Bertz CT molecular complexity index is 3110. The van der Waals surface area contributed by atoms with Gasteiger partial charge in [0.15, 0.2) is 0 Å². The summed E-state index contributed by atoms with van der Waals surface area (Å²) in [7, 11) is 0. The van der Waals surface area contributed by atoms with Crippen molar-refractivity contribution >= 4 is 60.8 Å². The summed E-state index contributed by atoms with van der Waals surface area (Å²) in [6, 6.07) is 82.9. The molecule has 2 aromatic heterocycles. The van der Waals surface area contributed by atoms with E-state index < -0.39 is 5.41 Å². The zero-order valence-corrected chi connectivity index (χ0v) is 31.7. The number of benzene rings is 9. The quantitative estimate of drug-likeness (QED) is 0.145. The molecule has 58 heavy (non-hydrogen) atoms. The summed E-state index contributed by atoms with van der Waals surface area (Å²) < 4.78 is 8.85. The van der Waals surface area contributed by atoms with Gasteiger partial charge in [-0.2, -0.15) is 0 Å². The average molecular weight is 743 g/mol. The molecule has 0 aliphatic heterocycles. The molecular formula is C55H38N2O. The fourth-order valence-electron chi connectivity index (χ4n) is 9.25. The van der Waals surface area contributed by atoms with Crippen LogP contribution in [-0.2, 0) is 5.41 Å². The maximum absolute atomic E-state index is 6.48. The highest BCUT2D eigenvalue weighted by Crippen LogP contribution is 2.48. The van der Waals surface area contributed by atoms with E-state index in [0.717, 1.165) is 50.2 Å². The minimum atomic E-state index is -0.550. The molecule has 0 spiro atoms. The maximum Gasteiger partial charge on any atom is 0.137 e. The van der Waals surface area contributed by atoms with Crippen molar-refractivity contribution in [1.82, 2.24) is 4.57 Å². The molecule has 0 atom stereocenters. The molecular weight excluding hydrogens is 705 g/mol. The van der Waals surface area contributed by atoms with E-state index in [1.165, 1.54) is 38.5 Å². The van der Waals surface area contributed by atoms with Gasteiger partial charge in [-0.25, -0.2) is 0 Å². The van der Waals surface area contributed by atoms with E-state index in [0.29, 0.717) is 0 Å². The van der Waals surface area contributed by atoms with Gasteiger partial charge in [-0.1, -0.05) is 164 Å². The van der Waals surface area contributed by atoms with E-state index in [4.69, 9.17) is 4.42 Å². The van der Waals surface area contributed by atoms with Gasteiger partial charge >= 0.3 is 0 Å². The van der Waals surface area contributed by atoms with Crippen LogP contribution in [0.15, 0.2) is 235 Å². The van der Waals surface area contributed by atoms with Gasteiger partial charge in [-0.05, 0) is 89.0 Å². The van der Waals surface area contributed by atoms with E-state index in [9.17, 15) is 0 Å². The number of anilines is 3. The lowest BCUT2D eigenvalue weighted by Gasteiger charge is -2.37. The third kappa shape index (κ3) is 5.28. The lowest BCUT2D eigenvalue weighted by Crippen LogP contribution is -2.31. The van der Waals surface area contributed by atoms with Gasteiger partial charge in [-0.3, -0.25) is 0 Å². The molecule has 0 saturated carbocycles. The van der Waals surface area contributed by atoms with Crippen molar-refractivity contribution in [1.29, 1.82) is 0 Å². The van der Waals surface area contributed by atoms with Gasteiger partial charge in [0, 0.05) is 33.2 Å². The summed E-state index contributed by atoms with van der Waals surface area (Å²) in [5, 5.41) is 4.58. The Kier molecular flexibility index (Phi) is 8.04. The fourth-order valence-corrected chi connectivity index (χ4v) is 9.25. The predicted octanol–water partition coefficient (Wildman–Crippen LogP) is 14.5. The van der Waals surface area contributed by atoms with Crippen molar-refractivity contribution in [2.75, 3.05) is 4.90 Å². The van der Waals surface area contributed by atoms with Crippen LogP contribution in [0.3, 0.4) is 0 Å². The monoisotopic (exact) mass is 742 g/mol. The van der Waals surface area contributed by atoms with E-state index in [1.807, 2.05) is 6.07 Å². The molecule has 0 unspecified atom stereocenters. The van der Waals surface area contributed by atoms with Crippen molar-refractivity contribution < 1.29 is 4.42 Å². The highest BCUT2D eigenvalue weighted by molar-refractivity contribution is 6.15. The molecule has 3 nitrogen and oxygen atoms in total. The standard InChI is InChI=1S/C55H38N2O/c1-5-18-39(19-6-1)55(40-20-7-2-8-21-40,41-22-9-3-10-23-41)42-32-34-44(35-33-42)56(51-29-17-31-53-54(51)47-27-14-16-30-52(47)58-53)45-36-37-50-48(38-45)46-26-13-15-28-49(46)57(50)43-24-11-4-12-25-43/h1-38H. The van der Waals surface area contributed by atoms with E-state index in [-0.39, 0.29) is 0 Å². The Morgan fingerprint density at radius 1 is 0.362 bits per heavy atom. The summed E-state index contributed by atoms with van der Waals surface area (Å²) in [5.74, 6) is 0. The van der Waals surface area contributed by atoms with E-state index in [2.05, 4.69) is 234 Å². The van der Waals surface area contributed by atoms with Crippen LogP contribution < -0.4 is 4.90 Å². The predicted molar refractivity (Wildman–Crippen MR) is 241 cm³/mol. The second-order valence-corrected chi connectivity index (χ2v) is 14.9. The normalized spacial score (nSPS) is 11.8. The molecule has 2 heterocycles. The third-order valence-electron chi connectivity index (χ3n) is 11.7. The van der Waals surface area contributed by atoms with Crippen molar-refractivity contribution in [3.05, 3.63) is 253 Å². The number of hydrogen-bond donors (Lipinski definition) is 0. The minimum absolute atomic E-state index is 0.550. The van der Waals surface area contributed by atoms with Crippen LogP contribution in [0, 0.1) is 0 Å². The third-order valence-corrected chi connectivity index (χ3v) is 11.7. The lowest BCUT2D eigenvalue weighted by molar-refractivity contribution is 0.669. The van der Waals surface area contributed by atoms with Gasteiger partial charge in [0.1, 0.15) is 11.2 Å². The zero-order chi connectivity index (χ0) is 38.5. The molecule has 0 fully saturated rings.